The zero-order valence-electron chi connectivity index (χ0n) is 24.2. The molecule has 7 rings (SSSR count). The van der Waals surface area contributed by atoms with Crippen LogP contribution >= 0.6 is 7.92 Å². The lowest BCUT2D eigenvalue weighted by Gasteiger charge is -2.31. The summed E-state index contributed by atoms with van der Waals surface area (Å²) in [5.41, 5.74) is 7.47. The molecule has 0 saturated carbocycles. The van der Waals surface area contributed by atoms with Crippen molar-refractivity contribution in [2.75, 3.05) is 5.32 Å². The summed E-state index contributed by atoms with van der Waals surface area (Å²) < 4.78 is 2.09. The number of rotatable bonds is 9. The van der Waals surface area contributed by atoms with E-state index in [0.717, 1.165) is 33.9 Å². The van der Waals surface area contributed by atoms with E-state index >= 15 is 0 Å². The average Bonchev–Trinajstić information content (AvgIpc) is 3.56. The molecule has 6 aromatic carbocycles. The second-order valence-electron chi connectivity index (χ2n) is 10.6. The van der Waals surface area contributed by atoms with Crippen molar-refractivity contribution in [3.05, 3.63) is 188 Å². The zero-order valence-corrected chi connectivity index (χ0v) is 25.1. The minimum absolute atomic E-state index is 0.0153. The van der Waals surface area contributed by atoms with Crippen molar-refractivity contribution < 1.29 is 0 Å². The van der Waals surface area contributed by atoms with Crippen LogP contribution in [0.2, 0.25) is 0 Å². The summed E-state index contributed by atoms with van der Waals surface area (Å²) >= 11 is 0. The maximum Gasteiger partial charge on any atom is 0.0934 e. The average molecular weight is 586 g/mol. The molecule has 3 nitrogen and oxygen atoms in total. The van der Waals surface area contributed by atoms with Crippen LogP contribution in [0.4, 0.5) is 5.69 Å². The second-order valence-corrected chi connectivity index (χ2v) is 12.9. The zero-order chi connectivity index (χ0) is 29.6. The van der Waals surface area contributed by atoms with Crippen molar-refractivity contribution in [1.82, 2.24) is 9.78 Å². The summed E-state index contributed by atoms with van der Waals surface area (Å²) in [5.74, 6) is 0.0153. The van der Waals surface area contributed by atoms with E-state index < -0.39 is 7.92 Å². The fraction of sp³-hybridized carbons (Fsp3) is 0.0250. The van der Waals surface area contributed by atoms with Gasteiger partial charge in [-0.15, -0.1) is 0 Å². The summed E-state index contributed by atoms with van der Waals surface area (Å²) in [4.78, 5) is 0. The van der Waals surface area contributed by atoms with Gasteiger partial charge >= 0.3 is 0 Å². The Morgan fingerprint density at radius 1 is 0.500 bits per heavy atom. The number of nitrogens with zero attached hydrogens (tertiary/aromatic N) is 2. The van der Waals surface area contributed by atoms with Crippen LogP contribution < -0.4 is 15.9 Å². The van der Waals surface area contributed by atoms with E-state index in [9.17, 15) is 0 Å². The highest BCUT2D eigenvalue weighted by molar-refractivity contribution is 7.73. The third kappa shape index (κ3) is 5.83. The fourth-order valence-electron chi connectivity index (χ4n) is 5.61. The lowest BCUT2D eigenvalue weighted by Crippen LogP contribution is -2.22. The molecule has 1 aromatic heterocycles. The Labute approximate surface area is 260 Å². The van der Waals surface area contributed by atoms with E-state index in [4.69, 9.17) is 5.10 Å². The molecule has 1 atom stereocenters. The summed E-state index contributed by atoms with van der Waals surface area (Å²) in [6.07, 6.45) is 0. The van der Waals surface area contributed by atoms with Gasteiger partial charge in [-0.2, -0.15) is 5.10 Å². The molecule has 1 heterocycles. The van der Waals surface area contributed by atoms with Crippen molar-refractivity contribution in [3.63, 3.8) is 0 Å². The van der Waals surface area contributed by atoms with Gasteiger partial charge in [-0.05, 0) is 42.3 Å². The molecular formula is C40H32N3P. The van der Waals surface area contributed by atoms with Gasteiger partial charge in [-0.1, -0.05) is 164 Å². The molecule has 0 amide bonds. The van der Waals surface area contributed by atoms with Crippen molar-refractivity contribution in [1.29, 1.82) is 0 Å². The number of nitrogens with one attached hydrogen (secondary N) is 1. The Balaban J connectivity index is 1.39. The molecule has 0 spiro atoms. The van der Waals surface area contributed by atoms with E-state index in [1.54, 1.807) is 0 Å². The summed E-state index contributed by atoms with van der Waals surface area (Å²) in [5, 5.41) is 11.9. The molecule has 0 radical (unpaired) electrons. The molecular weight excluding hydrogens is 553 g/mol. The molecule has 0 fully saturated rings. The Hall–Kier alpha value is -5.24. The van der Waals surface area contributed by atoms with Crippen LogP contribution in [0.1, 0.15) is 11.3 Å². The lowest BCUT2D eigenvalue weighted by atomic mass is 10.1. The van der Waals surface area contributed by atoms with Gasteiger partial charge in [0, 0.05) is 11.1 Å². The summed E-state index contributed by atoms with van der Waals surface area (Å²) in [6, 6.07) is 64.2. The van der Waals surface area contributed by atoms with Gasteiger partial charge in [-0.3, -0.25) is 0 Å². The van der Waals surface area contributed by atoms with Crippen LogP contribution in [0.25, 0.3) is 28.2 Å². The smallest absolute Gasteiger partial charge is 0.0934 e. The lowest BCUT2D eigenvalue weighted by molar-refractivity contribution is 0.889. The van der Waals surface area contributed by atoms with Gasteiger partial charge in [0.2, 0.25) is 0 Å². The third-order valence-electron chi connectivity index (χ3n) is 7.72. The molecule has 0 aliphatic rings. The minimum Gasteiger partial charge on any atom is -0.372 e. The Bertz CT molecular complexity index is 1880. The Kier molecular flexibility index (Phi) is 8.12. The van der Waals surface area contributed by atoms with Gasteiger partial charge in [0.1, 0.15) is 0 Å². The van der Waals surface area contributed by atoms with Gasteiger partial charge in [0.25, 0.3) is 0 Å². The molecule has 0 saturated heterocycles. The Morgan fingerprint density at radius 3 is 1.57 bits per heavy atom. The molecule has 1 unspecified atom stereocenters. The fourth-order valence-corrected chi connectivity index (χ4v) is 8.23. The van der Waals surface area contributed by atoms with Crippen LogP contribution in [0.15, 0.2) is 182 Å². The van der Waals surface area contributed by atoms with Crippen molar-refractivity contribution in [2.24, 2.45) is 0 Å². The number of anilines is 1. The SMILES string of the molecule is c1ccc(-c2cc(-c3ccccc3)n(-c3ccccc3NC(c3ccccc3)P(c3ccccc3)c3ccccc3)n2)cc1. The van der Waals surface area contributed by atoms with E-state index in [1.807, 2.05) is 6.07 Å². The predicted octanol–water partition coefficient (Wildman–Crippen LogP) is 9.45. The third-order valence-corrected chi connectivity index (χ3v) is 10.4. The first-order valence-corrected chi connectivity index (χ1v) is 16.3. The number of para-hydroxylation sites is 2. The maximum atomic E-state index is 5.21. The van der Waals surface area contributed by atoms with Gasteiger partial charge < -0.3 is 5.32 Å². The van der Waals surface area contributed by atoms with Crippen LogP contribution in [0, 0.1) is 0 Å². The van der Waals surface area contributed by atoms with Crippen molar-refractivity contribution in [3.8, 4) is 28.2 Å². The standard InChI is InChI=1S/C40H32N3P/c1-6-18-31(19-7-1)37-30-39(32-20-8-2-9-21-32)43(42-37)38-29-17-16-28-36(38)41-40(33-22-10-3-11-23-33)44(34-24-12-4-13-25-34)35-26-14-5-15-27-35/h1-30,40-41H. The highest BCUT2D eigenvalue weighted by atomic mass is 31.1. The van der Waals surface area contributed by atoms with E-state index in [2.05, 4.69) is 186 Å². The topological polar surface area (TPSA) is 29.9 Å². The molecule has 7 aromatic rings. The molecule has 44 heavy (non-hydrogen) atoms. The number of hydrogen-bond acceptors (Lipinski definition) is 2. The molecule has 1 N–H and O–H groups in total. The van der Waals surface area contributed by atoms with Gasteiger partial charge in [-0.25, -0.2) is 4.68 Å². The number of aromatic nitrogens is 2. The minimum atomic E-state index is -0.819. The predicted molar refractivity (Wildman–Crippen MR) is 186 cm³/mol. The van der Waals surface area contributed by atoms with Crippen LogP contribution in [-0.4, -0.2) is 9.78 Å². The molecule has 0 aliphatic carbocycles. The molecule has 0 aliphatic heterocycles. The first-order valence-electron chi connectivity index (χ1n) is 14.9. The summed E-state index contributed by atoms with van der Waals surface area (Å²) in [7, 11) is -0.819. The quantitative estimate of drug-likeness (QED) is 0.171. The first kappa shape index (κ1) is 27.6. The molecule has 0 bridgehead atoms. The van der Waals surface area contributed by atoms with Crippen molar-refractivity contribution >= 4 is 24.2 Å². The highest BCUT2D eigenvalue weighted by Gasteiger charge is 2.27. The van der Waals surface area contributed by atoms with Crippen LogP contribution in [0.3, 0.4) is 0 Å². The van der Waals surface area contributed by atoms with Gasteiger partial charge in [0.05, 0.1) is 28.5 Å². The molecule has 212 valence electrons. The molecule has 4 heteroatoms. The highest BCUT2D eigenvalue weighted by Crippen LogP contribution is 2.50. The van der Waals surface area contributed by atoms with E-state index in [0.29, 0.717) is 0 Å². The van der Waals surface area contributed by atoms with Crippen LogP contribution in [-0.2, 0) is 0 Å². The largest absolute Gasteiger partial charge is 0.372 e. The van der Waals surface area contributed by atoms with E-state index in [1.165, 1.54) is 16.2 Å². The normalized spacial score (nSPS) is 11.8. The maximum absolute atomic E-state index is 5.21. The monoisotopic (exact) mass is 585 g/mol. The summed E-state index contributed by atoms with van der Waals surface area (Å²) in [6.45, 7) is 0. The van der Waals surface area contributed by atoms with E-state index in [-0.39, 0.29) is 5.78 Å². The Morgan fingerprint density at radius 2 is 0.977 bits per heavy atom. The van der Waals surface area contributed by atoms with Crippen molar-refractivity contribution in [2.45, 2.75) is 5.78 Å². The number of benzene rings is 6. The van der Waals surface area contributed by atoms with Gasteiger partial charge in [0.15, 0.2) is 0 Å². The number of hydrogen-bond donors (Lipinski definition) is 1. The van der Waals surface area contributed by atoms with Crippen LogP contribution in [0.5, 0.6) is 0 Å². The first-order chi connectivity index (χ1) is 21.8. The second kappa shape index (κ2) is 13.0.